The molecule has 0 spiro atoms. The number of hydrogen-bond donors (Lipinski definition) is 0. The molecule has 1 heterocycles. The normalized spacial score (nSPS) is 16.4. The summed E-state index contributed by atoms with van der Waals surface area (Å²) in [6, 6.07) is 14.1. The summed E-state index contributed by atoms with van der Waals surface area (Å²) < 4.78 is 5.38. The molecule has 1 aliphatic rings. The van der Waals surface area contributed by atoms with E-state index < -0.39 is 0 Å². The van der Waals surface area contributed by atoms with Crippen molar-refractivity contribution < 1.29 is 4.74 Å². The second kappa shape index (κ2) is 8.17. The van der Waals surface area contributed by atoms with Crippen LogP contribution in [0.25, 0.3) is 16.7 Å². The van der Waals surface area contributed by atoms with Gasteiger partial charge in [0.1, 0.15) is 0 Å². The van der Waals surface area contributed by atoms with Gasteiger partial charge in [-0.15, -0.1) is 0 Å². The third-order valence-corrected chi connectivity index (χ3v) is 4.89. The number of allylic oxidation sites excluding steroid dienone is 1. The summed E-state index contributed by atoms with van der Waals surface area (Å²) in [6.07, 6.45) is 2.29. The zero-order chi connectivity index (χ0) is 16.9. The van der Waals surface area contributed by atoms with E-state index in [-0.39, 0.29) is 0 Å². The molecule has 0 N–H and O–H groups in total. The van der Waals surface area contributed by atoms with Crippen molar-refractivity contribution in [1.29, 1.82) is 0 Å². The minimum absolute atomic E-state index is 0.655. The van der Waals surface area contributed by atoms with E-state index in [4.69, 9.17) is 27.9 Å². The second-order valence-corrected chi connectivity index (χ2v) is 6.85. The van der Waals surface area contributed by atoms with Crippen LogP contribution in [0.5, 0.6) is 0 Å². The molecule has 0 amide bonds. The van der Waals surface area contributed by atoms with Crippen molar-refractivity contribution in [3.63, 3.8) is 0 Å². The van der Waals surface area contributed by atoms with Gasteiger partial charge in [0, 0.05) is 35.2 Å². The molecule has 2 nitrogen and oxygen atoms in total. The first-order valence-corrected chi connectivity index (χ1v) is 8.92. The fourth-order valence-electron chi connectivity index (χ4n) is 2.80. The summed E-state index contributed by atoms with van der Waals surface area (Å²) in [4.78, 5) is 2.41. The highest BCUT2D eigenvalue weighted by molar-refractivity contribution is 6.36. The Morgan fingerprint density at radius 2 is 1.79 bits per heavy atom. The number of rotatable bonds is 4. The maximum Gasteiger partial charge on any atom is 0.0594 e. The van der Waals surface area contributed by atoms with Crippen LogP contribution in [0.3, 0.4) is 0 Å². The standard InChI is InChI=1S/C20H21Cl2NO/c1-15(8-9-23-10-12-24-13-11-23)16-2-4-17(5-3-16)19-7-6-18(21)14-20(19)22/h2-8,14H,9-13H2,1H3/b15-8-. The van der Waals surface area contributed by atoms with E-state index in [0.29, 0.717) is 10.0 Å². The van der Waals surface area contributed by atoms with E-state index in [1.54, 1.807) is 6.07 Å². The van der Waals surface area contributed by atoms with Gasteiger partial charge in [-0.3, -0.25) is 4.90 Å². The van der Waals surface area contributed by atoms with Crippen LogP contribution in [0, 0.1) is 0 Å². The van der Waals surface area contributed by atoms with Crippen LogP contribution in [0.15, 0.2) is 48.5 Å². The Bertz CT molecular complexity index is 719. The molecule has 0 radical (unpaired) electrons. The van der Waals surface area contributed by atoms with Crippen molar-refractivity contribution in [3.05, 3.63) is 64.1 Å². The van der Waals surface area contributed by atoms with Crippen LogP contribution in [-0.4, -0.2) is 37.7 Å². The first-order valence-electron chi connectivity index (χ1n) is 8.16. The number of halogens is 2. The molecule has 24 heavy (non-hydrogen) atoms. The van der Waals surface area contributed by atoms with Crippen LogP contribution in [0.1, 0.15) is 12.5 Å². The molecule has 1 aliphatic heterocycles. The molecule has 2 aromatic rings. The predicted octanol–water partition coefficient (Wildman–Crippen LogP) is 5.40. The van der Waals surface area contributed by atoms with Gasteiger partial charge >= 0.3 is 0 Å². The molecule has 0 saturated carbocycles. The van der Waals surface area contributed by atoms with E-state index in [1.807, 2.05) is 12.1 Å². The van der Waals surface area contributed by atoms with Gasteiger partial charge in [-0.1, -0.05) is 59.6 Å². The minimum atomic E-state index is 0.655. The molecular weight excluding hydrogens is 341 g/mol. The zero-order valence-corrected chi connectivity index (χ0v) is 15.3. The largest absolute Gasteiger partial charge is 0.379 e. The molecule has 126 valence electrons. The van der Waals surface area contributed by atoms with E-state index in [1.165, 1.54) is 11.1 Å². The van der Waals surface area contributed by atoms with Gasteiger partial charge < -0.3 is 4.74 Å². The van der Waals surface area contributed by atoms with Crippen molar-refractivity contribution in [3.8, 4) is 11.1 Å². The topological polar surface area (TPSA) is 12.5 Å². The molecule has 0 aliphatic carbocycles. The summed E-state index contributed by atoms with van der Waals surface area (Å²) in [5, 5.41) is 1.33. The maximum absolute atomic E-state index is 6.29. The van der Waals surface area contributed by atoms with Crippen molar-refractivity contribution in [2.24, 2.45) is 0 Å². The molecule has 0 atom stereocenters. The van der Waals surface area contributed by atoms with Crippen LogP contribution in [0.4, 0.5) is 0 Å². The first-order chi connectivity index (χ1) is 11.6. The lowest BCUT2D eigenvalue weighted by atomic mass is 10.0. The Hall–Kier alpha value is -1.32. The Morgan fingerprint density at radius 1 is 1.08 bits per heavy atom. The highest BCUT2D eigenvalue weighted by atomic mass is 35.5. The SMILES string of the molecule is C/C(=C/CN1CCOCC1)c1ccc(-c2ccc(Cl)cc2Cl)cc1. The molecule has 4 heteroatoms. The van der Waals surface area contributed by atoms with E-state index in [9.17, 15) is 0 Å². The number of ether oxygens (including phenoxy) is 1. The third-order valence-electron chi connectivity index (χ3n) is 4.34. The van der Waals surface area contributed by atoms with Crippen LogP contribution in [0.2, 0.25) is 10.0 Å². The van der Waals surface area contributed by atoms with Gasteiger partial charge in [0.25, 0.3) is 0 Å². The van der Waals surface area contributed by atoms with E-state index in [0.717, 1.165) is 44.0 Å². The van der Waals surface area contributed by atoms with Crippen LogP contribution in [-0.2, 0) is 4.74 Å². The Kier molecular flexibility index (Phi) is 5.96. The van der Waals surface area contributed by atoms with Gasteiger partial charge in [0.2, 0.25) is 0 Å². The summed E-state index contributed by atoms with van der Waals surface area (Å²) in [6.45, 7) is 6.83. The highest BCUT2D eigenvalue weighted by Gasteiger charge is 2.09. The lowest BCUT2D eigenvalue weighted by molar-refractivity contribution is 0.0435. The highest BCUT2D eigenvalue weighted by Crippen LogP contribution is 2.31. The molecule has 0 unspecified atom stereocenters. The van der Waals surface area contributed by atoms with Crippen LogP contribution < -0.4 is 0 Å². The molecule has 0 bridgehead atoms. The summed E-state index contributed by atoms with van der Waals surface area (Å²) in [5.41, 5.74) is 4.62. The fourth-order valence-corrected chi connectivity index (χ4v) is 3.32. The minimum Gasteiger partial charge on any atom is -0.379 e. The summed E-state index contributed by atoms with van der Waals surface area (Å²) in [7, 11) is 0. The number of hydrogen-bond acceptors (Lipinski definition) is 2. The van der Waals surface area contributed by atoms with Crippen molar-refractivity contribution in [2.45, 2.75) is 6.92 Å². The molecular formula is C20H21Cl2NO. The van der Waals surface area contributed by atoms with Crippen molar-refractivity contribution >= 4 is 28.8 Å². The summed E-state index contributed by atoms with van der Waals surface area (Å²) >= 11 is 12.3. The maximum atomic E-state index is 6.29. The Balaban J connectivity index is 1.71. The smallest absolute Gasteiger partial charge is 0.0594 e. The van der Waals surface area contributed by atoms with Crippen molar-refractivity contribution in [1.82, 2.24) is 4.90 Å². The zero-order valence-electron chi connectivity index (χ0n) is 13.8. The molecule has 2 aromatic carbocycles. The second-order valence-electron chi connectivity index (χ2n) is 6.00. The Morgan fingerprint density at radius 3 is 2.46 bits per heavy atom. The van der Waals surface area contributed by atoms with E-state index >= 15 is 0 Å². The average Bonchev–Trinajstić information content (AvgIpc) is 2.61. The average molecular weight is 362 g/mol. The van der Waals surface area contributed by atoms with Gasteiger partial charge in [0.15, 0.2) is 0 Å². The number of morpholine rings is 1. The van der Waals surface area contributed by atoms with Gasteiger partial charge in [0.05, 0.1) is 13.2 Å². The Labute approximate surface area is 153 Å². The molecule has 0 aromatic heterocycles. The van der Waals surface area contributed by atoms with Gasteiger partial charge in [-0.25, -0.2) is 0 Å². The molecule has 1 saturated heterocycles. The monoisotopic (exact) mass is 361 g/mol. The number of nitrogens with zero attached hydrogens (tertiary/aromatic N) is 1. The van der Waals surface area contributed by atoms with Crippen molar-refractivity contribution in [2.75, 3.05) is 32.8 Å². The summed E-state index contributed by atoms with van der Waals surface area (Å²) in [5.74, 6) is 0. The predicted molar refractivity (Wildman–Crippen MR) is 103 cm³/mol. The molecule has 1 fully saturated rings. The fraction of sp³-hybridized carbons (Fsp3) is 0.300. The van der Waals surface area contributed by atoms with Crippen LogP contribution >= 0.6 is 23.2 Å². The van der Waals surface area contributed by atoms with Gasteiger partial charge in [-0.2, -0.15) is 0 Å². The van der Waals surface area contributed by atoms with Gasteiger partial charge in [-0.05, 0) is 35.8 Å². The lowest BCUT2D eigenvalue weighted by Gasteiger charge is -2.25. The molecule has 3 rings (SSSR count). The number of benzene rings is 2. The lowest BCUT2D eigenvalue weighted by Crippen LogP contribution is -2.36. The van der Waals surface area contributed by atoms with E-state index in [2.05, 4.69) is 42.2 Å². The third kappa shape index (κ3) is 4.40. The first kappa shape index (κ1) is 17.5. The quantitative estimate of drug-likeness (QED) is 0.723.